The number of carbonyl (C=O) groups is 2. The summed E-state index contributed by atoms with van der Waals surface area (Å²) in [7, 11) is 3.52. The third-order valence-electron chi connectivity index (χ3n) is 7.62. The summed E-state index contributed by atoms with van der Waals surface area (Å²) in [6, 6.07) is 15.5. The lowest BCUT2D eigenvalue weighted by Gasteiger charge is -2.28. The SMILES string of the molecule is CC(=O)N1CCCN(c2ncccn2)CCN(C(=O)CCc2ccc3c(c2)n(C)c(=O)n3C)Cc2ccccc21. The van der Waals surface area contributed by atoms with Crippen molar-refractivity contribution >= 4 is 34.5 Å². The summed E-state index contributed by atoms with van der Waals surface area (Å²) in [5.74, 6) is 0.611. The van der Waals surface area contributed by atoms with Crippen LogP contribution < -0.4 is 15.5 Å². The van der Waals surface area contributed by atoms with E-state index in [0.29, 0.717) is 51.5 Å². The smallest absolute Gasteiger partial charge is 0.328 e. The lowest BCUT2D eigenvalue weighted by Crippen LogP contribution is -2.39. The van der Waals surface area contributed by atoms with Crippen LogP contribution in [0, 0.1) is 0 Å². The van der Waals surface area contributed by atoms with E-state index in [1.807, 2.05) is 47.4 Å². The van der Waals surface area contributed by atoms with Crippen molar-refractivity contribution in [1.29, 1.82) is 0 Å². The molecule has 0 radical (unpaired) electrons. The summed E-state index contributed by atoms with van der Waals surface area (Å²) in [4.78, 5) is 53.3. The molecule has 0 aliphatic carbocycles. The Hall–Kier alpha value is -4.47. The third-order valence-corrected chi connectivity index (χ3v) is 7.62. The molecule has 10 heteroatoms. The second-order valence-electron chi connectivity index (χ2n) is 10.2. The van der Waals surface area contributed by atoms with Gasteiger partial charge < -0.3 is 14.7 Å². The van der Waals surface area contributed by atoms with Gasteiger partial charge in [0.2, 0.25) is 17.8 Å². The van der Waals surface area contributed by atoms with E-state index in [2.05, 4.69) is 14.9 Å². The number of anilines is 2. The Bertz CT molecular complexity index is 1580. The van der Waals surface area contributed by atoms with E-state index in [-0.39, 0.29) is 17.5 Å². The largest absolute Gasteiger partial charge is 0.339 e. The average Bonchev–Trinajstić information content (AvgIpc) is 3.16. The van der Waals surface area contributed by atoms with Crippen molar-refractivity contribution in [1.82, 2.24) is 24.0 Å². The normalized spacial score (nSPS) is 14.6. The Kier molecular flexibility index (Phi) is 7.95. The molecular weight excluding hydrogens is 506 g/mol. The summed E-state index contributed by atoms with van der Waals surface area (Å²) in [6.45, 7) is 4.28. The number of aryl methyl sites for hydroxylation is 3. The summed E-state index contributed by atoms with van der Waals surface area (Å²) >= 11 is 0. The average molecular weight is 542 g/mol. The zero-order valence-electron chi connectivity index (χ0n) is 23.3. The Morgan fingerprint density at radius 3 is 2.40 bits per heavy atom. The Morgan fingerprint density at radius 2 is 1.62 bits per heavy atom. The van der Waals surface area contributed by atoms with Crippen molar-refractivity contribution in [3.05, 3.63) is 82.5 Å². The molecule has 2 amide bonds. The number of hydrogen-bond acceptors (Lipinski definition) is 6. The van der Waals surface area contributed by atoms with E-state index in [9.17, 15) is 14.4 Å². The van der Waals surface area contributed by atoms with Gasteiger partial charge in [-0.3, -0.25) is 18.7 Å². The number of fused-ring (bicyclic) bond motifs is 2. The molecule has 1 aliphatic rings. The molecule has 1 aliphatic heterocycles. The minimum Gasteiger partial charge on any atom is -0.339 e. The first-order chi connectivity index (χ1) is 19.3. The molecule has 0 unspecified atom stereocenters. The van der Waals surface area contributed by atoms with Crippen molar-refractivity contribution < 1.29 is 9.59 Å². The number of benzene rings is 2. The van der Waals surface area contributed by atoms with Crippen LogP contribution in [0.15, 0.2) is 65.7 Å². The van der Waals surface area contributed by atoms with Crippen molar-refractivity contribution in [2.45, 2.75) is 32.7 Å². The summed E-state index contributed by atoms with van der Waals surface area (Å²) < 4.78 is 3.26. The highest BCUT2D eigenvalue weighted by Crippen LogP contribution is 2.25. The molecule has 40 heavy (non-hydrogen) atoms. The fourth-order valence-electron chi connectivity index (χ4n) is 5.40. The van der Waals surface area contributed by atoms with Gasteiger partial charge in [0, 0.05) is 78.2 Å². The number of para-hydroxylation sites is 1. The van der Waals surface area contributed by atoms with Crippen molar-refractivity contribution in [3.8, 4) is 0 Å². The zero-order chi connectivity index (χ0) is 28.2. The second-order valence-corrected chi connectivity index (χ2v) is 10.2. The van der Waals surface area contributed by atoms with E-state index >= 15 is 0 Å². The van der Waals surface area contributed by atoms with Crippen molar-refractivity contribution in [2.24, 2.45) is 14.1 Å². The molecule has 0 spiro atoms. The lowest BCUT2D eigenvalue weighted by molar-refractivity contribution is -0.131. The fourth-order valence-corrected chi connectivity index (χ4v) is 5.40. The van der Waals surface area contributed by atoms with Gasteiger partial charge in [-0.15, -0.1) is 0 Å². The van der Waals surface area contributed by atoms with Crippen molar-refractivity contribution in [3.63, 3.8) is 0 Å². The van der Waals surface area contributed by atoms with Gasteiger partial charge in [-0.05, 0) is 48.2 Å². The summed E-state index contributed by atoms with van der Waals surface area (Å²) in [5.41, 5.74) is 4.43. The van der Waals surface area contributed by atoms with E-state index in [1.54, 1.807) is 53.5 Å². The highest BCUT2D eigenvalue weighted by atomic mass is 16.2. The molecule has 4 aromatic rings. The monoisotopic (exact) mass is 541 g/mol. The molecule has 10 nitrogen and oxygen atoms in total. The molecule has 3 heterocycles. The first kappa shape index (κ1) is 27.1. The van der Waals surface area contributed by atoms with Crippen LogP contribution in [0.2, 0.25) is 0 Å². The Morgan fingerprint density at radius 1 is 0.875 bits per heavy atom. The molecule has 0 bridgehead atoms. The van der Waals surface area contributed by atoms with Crippen LogP contribution in [-0.2, 0) is 36.6 Å². The van der Waals surface area contributed by atoms with Crippen LogP contribution in [0.1, 0.15) is 30.9 Å². The maximum Gasteiger partial charge on any atom is 0.328 e. The molecule has 2 aromatic heterocycles. The maximum absolute atomic E-state index is 13.7. The third kappa shape index (κ3) is 5.61. The number of hydrogen-bond donors (Lipinski definition) is 0. The van der Waals surface area contributed by atoms with Gasteiger partial charge in [0.15, 0.2) is 0 Å². The predicted molar refractivity (Wildman–Crippen MR) is 155 cm³/mol. The van der Waals surface area contributed by atoms with Gasteiger partial charge >= 0.3 is 5.69 Å². The number of imidazole rings is 1. The van der Waals surface area contributed by atoms with E-state index in [1.165, 1.54) is 0 Å². The summed E-state index contributed by atoms with van der Waals surface area (Å²) in [5, 5.41) is 0. The minimum atomic E-state index is -0.0722. The zero-order valence-corrected chi connectivity index (χ0v) is 23.3. The molecule has 0 atom stereocenters. The molecule has 208 valence electrons. The van der Waals surface area contributed by atoms with Gasteiger partial charge in [0.25, 0.3) is 0 Å². The predicted octanol–water partition coefficient (Wildman–Crippen LogP) is 2.89. The van der Waals surface area contributed by atoms with Gasteiger partial charge in [0.05, 0.1) is 11.0 Å². The Balaban J connectivity index is 1.41. The van der Waals surface area contributed by atoms with Crippen LogP contribution in [0.5, 0.6) is 0 Å². The number of nitrogens with zero attached hydrogens (tertiary/aromatic N) is 7. The van der Waals surface area contributed by atoms with Gasteiger partial charge in [0.1, 0.15) is 0 Å². The number of rotatable bonds is 4. The first-order valence-corrected chi connectivity index (χ1v) is 13.6. The van der Waals surface area contributed by atoms with E-state index < -0.39 is 0 Å². The number of carbonyl (C=O) groups excluding carboxylic acids is 2. The Labute approximate surface area is 233 Å². The van der Waals surface area contributed by atoms with Crippen LogP contribution in [0.4, 0.5) is 11.6 Å². The maximum atomic E-state index is 13.7. The molecule has 2 aromatic carbocycles. The molecule has 0 fully saturated rings. The fraction of sp³-hybridized carbons (Fsp3) is 0.367. The van der Waals surface area contributed by atoms with Crippen LogP contribution >= 0.6 is 0 Å². The molecular formula is C30H35N7O3. The first-order valence-electron chi connectivity index (χ1n) is 13.6. The van der Waals surface area contributed by atoms with Crippen LogP contribution in [0.3, 0.4) is 0 Å². The highest BCUT2D eigenvalue weighted by Gasteiger charge is 2.23. The van der Waals surface area contributed by atoms with Gasteiger partial charge in [-0.25, -0.2) is 14.8 Å². The topological polar surface area (TPSA) is 96.6 Å². The van der Waals surface area contributed by atoms with E-state index in [0.717, 1.165) is 34.3 Å². The number of amides is 2. The van der Waals surface area contributed by atoms with Crippen LogP contribution in [-0.4, -0.2) is 62.0 Å². The van der Waals surface area contributed by atoms with Crippen molar-refractivity contribution in [2.75, 3.05) is 36.0 Å². The molecule has 5 rings (SSSR count). The molecule has 0 saturated heterocycles. The quantitative estimate of drug-likeness (QED) is 0.394. The standard InChI is InChI=1S/C30H35N7O3/c1-22(38)37-17-7-16-35(29-31-14-6-15-32-29)18-19-36(21-24-8-4-5-9-25(24)37)28(39)13-11-23-10-12-26-27(20-23)34(3)30(40)33(26)2/h4-6,8-10,12,14-15,20H,7,11,13,16-19,21H2,1-3H3. The number of aromatic nitrogens is 4. The summed E-state index contributed by atoms with van der Waals surface area (Å²) in [6.07, 6.45) is 5.05. The minimum absolute atomic E-state index is 0.0272. The highest BCUT2D eigenvalue weighted by molar-refractivity contribution is 5.92. The second kappa shape index (κ2) is 11.7. The lowest BCUT2D eigenvalue weighted by atomic mass is 10.1. The van der Waals surface area contributed by atoms with Crippen LogP contribution in [0.25, 0.3) is 11.0 Å². The van der Waals surface area contributed by atoms with Gasteiger partial charge in [-0.2, -0.15) is 0 Å². The molecule has 0 N–H and O–H groups in total. The van der Waals surface area contributed by atoms with Gasteiger partial charge in [-0.1, -0.05) is 24.3 Å². The van der Waals surface area contributed by atoms with E-state index in [4.69, 9.17) is 0 Å². The molecule has 0 saturated carbocycles.